The molecule has 0 fully saturated rings. The highest BCUT2D eigenvalue weighted by atomic mass is 32.2. The summed E-state index contributed by atoms with van der Waals surface area (Å²) in [6.45, 7) is 0.147. The molecule has 22 heavy (non-hydrogen) atoms. The average Bonchev–Trinajstić information content (AvgIpc) is 2.47. The number of aryl methyl sites for hydroxylation is 1. The van der Waals surface area contributed by atoms with Crippen molar-refractivity contribution >= 4 is 21.7 Å². The third-order valence-electron chi connectivity index (χ3n) is 3.85. The Kier molecular flexibility index (Phi) is 5.42. The van der Waals surface area contributed by atoms with Crippen LogP contribution in [0.25, 0.3) is 0 Å². The van der Waals surface area contributed by atoms with E-state index < -0.39 is 10.0 Å². The monoisotopic (exact) mass is 324 g/mol. The Labute approximate surface area is 132 Å². The number of hydrogen-bond donors (Lipinski definition) is 2. The zero-order valence-electron chi connectivity index (χ0n) is 13.2. The van der Waals surface area contributed by atoms with E-state index in [2.05, 4.69) is 16.4 Å². The zero-order valence-corrected chi connectivity index (χ0v) is 14.0. The van der Waals surface area contributed by atoms with Gasteiger partial charge >= 0.3 is 0 Å². The third kappa shape index (κ3) is 4.20. The summed E-state index contributed by atoms with van der Waals surface area (Å²) in [5.41, 5.74) is 9.51. The van der Waals surface area contributed by atoms with E-state index in [1.807, 2.05) is 12.1 Å². The van der Waals surface area contributed by atoms with Gasteiger partial charge in [0.1, 0.15) is 0 Å². The average molecular weight is 324 g/mol. The van der Waals surface area contributed by atoms with Crippen LogP contribution in [0.4, 0.5) is 5.69 Å². The largest absolute Gasteiger partial charge is 0.370 e. The number of nitrogens with zero attached hydrogens (tertiary/aromatic N) is 2. The molecule has 0 radical (unpaired) electrons. The fraction of sp³-hybridized carbons (Fsp3) is 0.533. The summed E-state index contributed by atoms with van der Waals surface area (Å²) in [5, 5.41) is 3.10. The first-order valence-electron chi connectivity index (χ1n) is 7.48. The predicted molar refractivity (Wildman–Crippen MR) is 90.7 cm³/mol. The maximum atomic E-state index is 11.7. The van der Waals surface area contributed by atoms with Crippen molar-refractivity contribution in [1.82, 2.24) is 4.31 Å². The number of sulfonamides is 1. The summed E-state index contributed by atoms with van der Waals surface area (Å²) >= 11 is 0. The topological polar surface area (TPSA) is 87.8 Å². The maximum absolute atomic E-state index is 11.7. The van der Waals surface area contributed by atoms with Crippen LogP contribution in [0.15, 0.2) is 23.2 Å². The van der Waals surface area contributed by atoms with Crippen molar-refractivity contribution in [3.8, 4) is 0 Å². The van der Waals surface area contributed by atoms with Crippen molar-refractivity contribution in [3.05, 3.63) is 29.3 Å². The Morgan fingerprint density at radius 1 is 1.32 bits per heavy atom. The van der Waals surface area contributed by atoms with E-state index in [1.54, 1.807) is 0 Å². The Balaban J connectivity index is 2.00. The lowest BCUT2D eigenvalue weighted by Gasteiger charge is -2.19. The molecule has 0 heterocycles. The van der Waals surface area contributed by atoms with Crippen LogP contribution >= 0.6 is 0 Å². The quantitative estimate of drug-likeness (QED) is 0.629. The van der Waals surface area contributed by atoms with Gasteiger partial charge in [-0.25, -0.2) is 12.7 Å². The summed E-state index contributed by atoms with van der Waals surface area (Å²) in [6, 6.07) is 6.15. The molecule has 0 aliphatic heterocycles. The smallest absolute Gasteiger partial charge is 0.215 e. The van der Waals surface area contributed by atoms with E-state index in [0.29, 0.717) is 0 Å². The molecular weight excluding hydrogens is 300 g/mol. The van der Waals surface area contributed by atoms with Crippen molar-refractivity contribution in [3.63, 3.8) is 0 Å². The standard InChI is InChI=1S/C15H24N4O2S/c1-19(2)22(20,21)11-10-17-15(16)18-14-9-5-7-12-6-3-4-8-13(12)14/h5,7,9H,3-4,6,8,10-11H2,1-2H3,(H3,16,17,18). The molecule has 0 saturated carbocycles. The first kappa shape index (κ1) is 16.8. The van der Waals surface area contributed by atoms with E-state index in [-0.39, 0.29) is 18.3 Å². The normalized spacial score (nSPS) is 15.7. The fourth-order valence-corrected chi connectivity index (χ4v) is 3.23. The number of nitrogens with one attached hydrogen (secondary N) is 1. The molecule has 0 atom stereocenters. The molecule has 7 heteroatoms. The Bertz CT molecular complexity index is 654. The molecule has 0 unspecified atom stereocenters. The minimum absolute atomic E-state index is 0.0464. The number of nitrogens with two attached hydrogens (primary N) is 1. The second-order valence-electron chi connectivity index (χ2n) is 5.64. The highest BCUT2D eigenvalue weighted by Crippen LogP contribution is 2.27. The van der Waals surface area contributed by atoms with Gasteiger partial charge in [0.15, 0.2) is 5.96 Å². The molecule has 0 amide bonds. The molecule has 0 spiro atoms. The van der Waals surface area contributed by atoms with Gasteiger partial charge in [-0.1, -0.05) is 12.1 Å². The molecule has 1 aromatic rings. The van der Waals surface area contributed by atoms with Gasteiger partial charge in [-0.15, -0.1) is 0 Å². The lowest BCUT2D eigenvalue weighted by molar-refractivity contribution is 0.521. The molecule has 1 aromatic carbocycles. The molecule has 0 bridgehead atoms. The molecule has 1 aliphatic carbocycles. The molecule has 0 aromatic heterocycles. The first-order chi connectivity index (χ1) is 10.4. The van der Waals surface area contributed by atoms with Gasteiger partial charge in [0.25, 0.3) is 0 Å². The first-order valence-corrected chi connectivity index (χ1v) is 9.09. The summed E-state index contributed by atoms with van der Waals surface area (Å²) in [6.07, 6.45) is 4.55. The minimum atomic E-state index is -3.24. The molecule has 122 valence electrons. The summed E-state index contributed by atoms with van der Waals surface area (Å²) in [5.74, 6) is 0.211. The number of benzene rings is 1. The van der Waals surface area contributed by atoms with Crippen LogP contribution < -0.4 is 11.1 Å². The number of hydrogen-bond acceptors (Lipinski definition) is 3. The van der Waals surface area contributed by atoms with E-state index in [9.17, 15) is 8.42 Å². The van der Waals surface area contributed by atoms with Crippen molar-refractivity contribution in [2.24, 2.45) is 10.7 Å². The minimum Gasteiger partial charge on any atom is -0.370 e. The SMILES string of the molecule is CN(C)S(=O)(=O)CCN=C(N)Nc1cccc2c1CCCC2. The Morgan fingerprint density at radius 2 is 2.05 bits per heavy atom. The second kappa shape index (κ2) is 7.11. The number of guanidine groups is 1. The lowest BCUT2D eigenvalue weighted by atomic mass is 9.90. The summed E-state index contributed by atoms with van der Waals surface area (Å²) in [4.78, 5) is 4.11. The van der Waals surface area contributed by atoms with Crippen LogP contribution in [0, 0.1) is 0 Å². The highest BCUT2D eigenvalue weighted by Gasteiger charge is 2.14. The van der Waals surface area contributed by atoms with Gasteiger partial charge in [-0.3, -0.25) is 4.99 Å². The Morgan fingerprint density at radius 3 is 2.77 bits per heavy atom. The fourth-order valence-electron chi connectivity index (χ4n) is 2.54. The van der Waals surface area contributed by atoms with Crippen molar-refractivity contribution in [2.75, 3.05) is 31.7 Å². The summed E-state index contributed by atoms with van der Waals surface area (Å²) in [7, 11) is -0.217. The van der Waals surface area contributed by atoms with Crippen LogP contribution in [-0.2, 0) is 22.9 Å². The predicted octanol–water partition coefficient (Wildman–Crippen LogP) is 1.18. The Hall–Kier alpha value is -1.60. The molecule has 3 N–H and O–H groups in total. The molecule has 0 saturated heterocycles. The van der Waals surface area contributed by atoms with E-state index in [1.165, 1.54) is 42.4 Å². The number of anilines is 1. The van der Waals surface area contributed by atoms with E-state index in [4.69, 9.17) is 5.73 Å². The van der Waals surface area contributed by atoms with Gasteiger partial charge in [-0.05, 0) is 42.9 Å². The molecule has 2 rings (SSSR count). The van der Waals surface area contributed by atoms with Gasteiger partial charge in [-0.2, -0.15) is 0 Å². The third-order valence-corrected chi connectivity index (χ3v) is 5.66. The summed E-state index contributed by atoms with van der Waals surface area (Å²) < 4.78 is 24.5. The molecule has 1 aliphatic rings. The van der Waals surface area contributed by atoms with Crippen molar-refractivity contribution in [2.45, 2.75) is 25.7 Å². The zero-order chi connectivity index (χ0) is 16.2. The van der Waals surface area contributed by atoms with Gasteiger partial charge in [0.05, 0.1) is 12.3 Å². The lowest BCUT2D eigenvalue weighted by Crippen LogP contribution is -2.28. The van der Waals surface area contributed by atoms with Crippen molar-refractivity contribution < 1.29 is 8.42 Å². The van der Waals surface area contributed by atoms with Crippen LogP contribution in [0.1, 0.15) is 24.0 Å². The van der Waals surface area contributed by atoms with Crippen LogP contribution in [0.2, 0.25) is 0 Å². The van der Waals surface area contributed by atoms with Crippen LogP contribution in [-0.4, -0.2) is 45.1 Å². The number of aliphatic imine (C=N–C) groups is 1. The molecule has 6 nitrogen and oxygen atoms in total. The van der Waals surface area contributed by atoms with Crippen LogP contribution in [0.3, 0.4) is 0 Å². The van der Waals surface area contributed by atoms with Gasteiger partial charge < -0.3 is 11.1 Å². The number of fused-ring (bicyclic) bond motifs is 1. The van der Waals surface area contributed by atoms with Gasteiger partial charge in [0.2, 0.25) is 10.0 Å². The van der Waals surface area contributed by atoms with Gasteiger partial charge in [0, 0.05) is 19.8 Å². The van der Waals surface area contributed by atoms with E-state index >= 15 is 0 Å². The van der Waals surface area contributed by atoms with Crippen molar-refractivity contribution in [1.29, 1.82) is 0 Å². The highest BCUT2D eigenvalue weighted by molar-refractivity contribution is 7.89. The van der Waals surface area contributed by atoms with E-state index in [0.717, 1.165) is 18.5 Å². The molecular formula is C15H24N4O2S. The maximum Gasteiger partial charge on any atom is 0.215 e. The van der Waals surface area contributed by atoms with Crippen LogP contribution in [0.5, 0.6) is 0 Å². The number of rotatable bonds is 5. The second-order valence-corrected chi connectivity index (χ2v) is 7.94.